The number of benzene rings is 2. The Morgan fingerprint density at radius 2 is 1.54 bits per heavy atom. The first kappa shape index (κ1) is 23.7. The van der Waals surface area contributed by atoms with Crippen molar-refractivity contribution in [3.8, 4) is 11.5 Å². The summed E-state index contributed by atoms with van der Waals surface area (Å²) in [7, 11) is 0. The zero-order valence-corrected chi connectivity index (χ0v) is 19.9. The van der Waals surface area contributed by atoms with Crippen molar-refractivity contribution in [1.29, 1.82) is 0 Å². The average Bonchev–Trinajstić information content (AvgIpc) is 2.86. The lowest BCUT2D eigenvalue weighted by molar-refractivity contribution is -0.132. The van der Waals surface area contributed by atoms with Gasteiger partial charge in [-0.3, -0.25) is 19.4 Å². The number of pyridine rings is 1. The zero-order chi connectivity index (χ0) is 25.1. The van der Waals surface area contributed by atoms with E-state index in [0.29, 0.717) is 39.6 Å². The molecule has 0 fully saturated rings. The lowest BCUT2D eigenvalue weighted by Gasteiger charge is -2.24. The predicted octanol–water partition coefficient (Wildman–Crippen LogP) is 4.60. The Labute approximate surface area is 203 Å². The minimum absolute atomic E-state index is 0.0773. The maximum atomic E-state index is 13.1. The highest BCUT2D eigenvalue weighted by Gasteiger charge is 2.25. The van der Waals surface area contributed by atoms with Crippen LogP contribution < -0.4 is 20.1 Å². The number of aromatic nitrogens is 1. The molecule has 0 aliphatic carbocycles. The minimum Gasteiger partial charge on any atom is -0.488 e. The molecule has 0 atom stereocenters. The Morgan fingerprint density at radius 3 is 2.17 bits per heavy atom. The van der Waals surface area contributed by atoms with Gasteiger partial charge in [0.05, 0.1) is 16.9 Å². The molecule has 3 aromatic rings. The van der Waals surface area contributed by atoms with Gasteiger partial charge in [-0.1, -0.05) is 18.2 Å². The molecule has 178 valence electrons. The molecule has 1 aliphatic rings. The lowest BCUT2D eigenvalue weighted by atomic mass is 9.94. The second-order valence-electron chi connectivity index (χ2n) is 8.17. The normalized spacial score (nSPS) is 12.1. The summed E-state index contributed by atoms with van der Waals surface area (Å²) in [5, 5.41) is 5.64. The maximum Gasteiger partial charge on any atom is 0.308 e. The van der Waals surface area contributed by atoms with Crippen molar-refractivity contribution in [2.75, 3.05) is 17.2 Å². The summed E-state index contributed by atoms with van der Waals surface area (Å²) in [5.74, 6) is -0.0466. The minimum atomic E-state index is -0.418. The van der Waals surface area contributed by atoms with E-state index in [9.17, 15) is 14.4 Å². The molecule has 0 saturated heterocycles. The number of hydrogen-bond donors (Lipinski definition) is 2. The van der Waals surface area contributed by atoms with Crippen LogP contribution in [0.2, 0.25) is 0 Å². The number of carbonyl (C=O) groups excluding carboxylic acids is 3. The molecular formula is C27H25N3O5. The molecule has 8 nitrogen and oxygen atoms in total. The van der Waals surface area contributed by atoms with Crippen molar-refractivity contribution in [3.63, 3.8) is 0 Å². The van der Waals surface area contributed by atoms with E-state index in [-0.39, 0.29) is 24.1 Å². The van der Waals surface area contributed by atoms with Crippen LogP contribution in [-0.4, -0.2) is 29.4 Å². The Hall–Kier alpha value is -4.46. The molecule has 0 unspecified atom stereocenters. The van der Waals surface area contributed by atoms with E-state index in [1.807, 2.05) is 20.8 Å². The maximum absolute atomic E-state index is 13.1. The third kappa shape index (κ3) is 4.91. The van der Waals surface area contributed by atoms with Gasteiger partial charge in [-0.25, -0.2) is 0 Å². The fourth-order valence-electron chi connectivity index (χ4n) is 3.86. The number of hydrogen-bond acceptors (Lipinski definition) is 6. The summed E-state index contributed by atoms with van der Waals surface area (Å²) in [6, 6.07) is 12.0. The number of amides is 2. The number of carbonyl (C=O) groups is 3. The molecular weight excluding hydrogens is 446 g/mol. The molecule has 4 rings (SSSR count). The smallest absolute Gasteiger partial charge is 0.308 e. The van der Waals surface area contributed by atoms with E-state index in [4.69, 9.17) is 9.47 Å². The molecule has 1 aromatic heterocycles. The number of nitrogens with one attached hydrogen (secondary N) is 2. The van der Waals surface area contributed by atoms with Crippen molar-refractivity contribution in [2.24, 2.45) is 0 Å². The molecule has 8 heteroatoms. The van der Waals surface area contributed by atoms with Gasteiger partial charge in [0.25, 0.3) is 11.8 Å². The van der Waals surface area contributed by atoms with Gasteiger partial charge < -0.3 is 20.1 Å². The predicted molar refractivity (Wildman–Crippen MR) is 133 cm³/mol. The van der Waals surface area contributed by atoms with Gasteiger partial charge in [0.2, 0.25) is 0 Å². The monoisotopic (exact) mass is 471 g/mol. The molecule has 35 heavy (non-hydrogen) atoms. The van der Waals surface area contributed by atoms with E-state index in [0.717, 1.165) is 11.1 Å². The van der Waals surface area contributed by atoms with Crippen molar-refractivity contribution in [3.05, 3.63) is 82.2 Å². The van der Waals surface area contributed by atoms with Crippen LogP contribution in [0.15, 0.2) is 54.2 Å². The highest BCUT2D eigenvalue weighted by Crippen LogP contribution is 2.41. The number of anilines is 2. The van der Waals surface area contributed by atoms with E-state index < -0.39 is 5.97 Å². The standard InChI is InChI=1S/C27H25N3O5/c1-15-16(2)25-20(17(3)24(15)35-18(4)31)13-19(14-34-25)26(32)29-21-9-5-6-10-22(21)30-27(33)23-11-7-8-12-28-23/h5-13H,14H2,1-4H3,(H,29,32)(H,30,33). The van der Waals surface area contributed by atoms with E-state index in [1.54, 1.807) is 48.5 Å². The van der Waals surface area contributed by atoms with Crippen LogP contribution in [0.3, 0.4) is 0 Å². The summed E-state index contributed by atoms with van der Waals surface area (Å²) in [6.07, 6.45) is 3.28. The van der Waals surface area contributed by atoms with Crippen LogP contribution in [0.5, 0.6) is 11.5 Å². The first-order valence-electron chi connectivity index (χ1n) is 11.0. The highest BCUT2D eigenvalue weighted by molar-refractivity contribution is 6.11. The van der Waals surface area contributed by atoms with Crippen LogP contribution in [0.25, 0.3) is 6.08 Å². The summed E-state index contributed by atoms with van der Waals surface area (Å²) >= 11 is 0. The second-order valence-corrected chi connectivity index (χ2v) is 8.17. The molecule has 0 bridgehead atoms. The van der Waals surface area contributed by atoms with Gasteiger partial charge in [-0.05, 0) is 62.2 Å². The number of para-hydroxylation sites is 2. The van der Waals surface area contributed by atoms with E-state index in [1.165, 1.54) is 13.1 Å². The number of ether oxygens (including phenoxy) is 2. The SMILES string of the molecule is CC(=O)Oc1c(C)c(C)c2c(c1C)C=C(C(=O)Nc1ccccc1NC(=O)c1ccccn1)CO2. The third-order valence-corrected chi connectivity index (χ3v) is 5.78. The van der Waals surface area contributed by atoms with Gasteiger partial charge in [0.15, 0.2) is 0 Å². The van der Waals surface area contributed by atoms with Crippen molar-refractivity contribution < 1.29 is 23.9 Å². The number of esters is 1. The number of fused-ring (bicyclic) bond motifs is 1. The van der Waals surface area contributed by atoms with Crippen molar-refractivity contribution >= 4 is 35.2 Å². The van der Waals surface area contributed by atoms with Gasteiger partial charge in [0, 0.05) is 24.2 Å². The molecule has 0 spiro atoms. The molecule has 1 aliphatic heterocycles. The molecule has 0 saturated carbocycles. The summed E-state index contributed by atoms with van der Waals surface area (Å²) in [4.78, 5) is 41.3. The van der Waals surface area contributed by atoms with Gasteiger partial charge in [-0.15, -0.1) is 0 Å². The number of nitrogens with zero attached hydrogens (tertiary/aromatic N) is 1. The summed E-state index contributed by atoms with van der Waals surface area (Å²) in [6.45, 7) is 7.01. The zero-order valence-electron chi connectivity index (χ0n) is 19.9. The Morgan fingerprint density at radius 1 is 0.886 bits per heavy atom. The molecule has 2 heterocycles. The average molecular weight is 472 g/mol. The first-order chi connectivity index (χ1) is 16.8. The van der Waals surface area contributed by atoms with Crippen LogP contribution in [0.4, 0.5) is 11.4 Å². The quantitative estimate of drug-likeness (QED) is 0.416. The first-order valence-corrected chi connectivity index (χ1v) is 11.0. The second kappa shape index (κ2) is 9.80. The molecule has 2 N–H and O–H groups in total. The molecule has 2 aromatic carbocycles. The third-order valence-electron chi connectivity index (χ3n) is 5.78. The largest absolute Gasteiger partial charge is 0.488 e. The summed E-state index contributed by atoms with van der Waals surface area (Å²) in [5.41, 5.74) is 4.60. The van der Waals surface area contributed by atoms with E-state index in [2.05, 4.69) is 15.6 Å². The Kier molecular flexibility index (Phi) is 6.64. The Bertz CT molecular complexity index is 1360. The van der Waals surface area contributed by atoms with Gasteiger partial charge in [0.1, 0.15) is 23.8 Å². The van der Waals surface area contributed by atoms with Crippen molar-refractivity contribution in [1.82, 2.24) is 4.98 Å². The molecule has 0 radical (unpaired) electrons. The van der Waals surface area contributed by atoms with Gasteiger partial charge in [-0.2, -0.15) is 0 Å². The highest BCUT2D eigenvalue weighted by atomic mass is 16.5. The lowest BCUT2D eigenvalue weighted by Crippen LogP contribution is -2.23. The van der Waals surface area contributed by atoms with Gasteiger partial charge >= 0.3 is 5.97 Å². The van der Waals surface area contributed by atoms with Crippen LogP contribution >= 0.6 is 0 Å². The Balaban J connectivity index is 1.60. The van der Waals surface area contributed by atoms with E-state index >= 15 is 0 Å². The topological polar surface area (TPSA) is 107 Å². The fraction of sp³-hybridized carbons (Fsp3) is 0.185. The molecule has 2 amide bonds. The fourth-order valence-corrected chi connectivity index (χ4v) is 3.86. The van der Waals surface area contributed by atoms with Crippen LogP contribution in [0.1, 0.15) is 39.7 Å². The summed E-state index contributed by atoms with van der Waals surface area (Å²) < 4.78 is 11.4. The van der Waals surface area contributed by atoms with Crippen molar-refractivity contribution in [2.45, 2.75) is 27.7 Å². The number of rotatable bonds is 5. The van der Waals surface area contributed by atoms with Crippen LogP contribution in [0, 0.1) is 20.8 Å². The van der Waals surface area contributed by atoms with Crippen LogP contribution in [-0.2, 0) is 9.59 Å².